The number of urea groups is 1. The molecule has 0 atom stereocenters. The molecule has 0 spiro atoms. The predicted octanol–water partition coefficient (Wildman–Crippen LogP) is 0.457. The van der Waals surface area contributed by atoms with Gasteiger partial charge in [0.1, 0.15) is 5.54 Å². The quantitative estimate of drug-likeness (QED) is 0.710. The molecule has 7 heteroatoms. The lowest BCUT2D eigenvalue weighted by atomic mass is 10.1. The highest BCUT2D eigenvalue weighted by Gasteiger charge is 2.34. The van der Waals surface area contributed by atoms with Crippen LogP contribution in [-0.2, 0) is 11.2 Å². The number of hydrogen-bond donors (Lipinski definition) is 3. The molecule has 0 aliphatic rings. The summed E-state index contributed by atoms with van der Waals surface area (Å²) < 4.78 is 0. The van der Waals surface area contributed by atoms with Gasteiger partial charge in [-0.25, -0.2) is 14.6 Å². The van der Waals surface area contributed by atoms with Crippen molar-refractivity contribution in [3.05, 3.63) is 18.2 Å². The van der Waals surface area contributed by atoms with Gasteiger partial charge >= 0.3 is 12.0 Å². The summed E-state index contributed by atoms with van der Waals surface area (Å²) in [6.07, 6.45) is 3.86. The predicted molar refractivity (Wildman–Crippen MR) is 65.2 cm³/mol. The number of carboxylic acids is 1. The molecule has 0 bridgehead atoms. The zero-order valence-electron chi connectivity index (χ0n) is 10.7. The first kappa shape index (κ1) is 14.0. The zero-order valence-corrected chi connectivity index (χ0v) is 10.7. The minimum atomic E-state index is -1.24. The van der Waals surface area contributed by atoms with E-state index in [2.05, 4.69) is 15.3 Å². The number of carbonyl (C=O) groups excluding carboxylic acids is 1. The number of imidazole rings is 1. The SMILES string of the molecule is CN(C(=O)NCCc1cnc[nH]1)C(C)(C)C(=O)O. The first-order valence-corrected chi connectivity index (χ1v) is 5.58. The van der Waals surface area contributed by atoms with Crippen LogP contribution in [0.2, 0.25) is 0 Å². The molecular weight excluding hydrogens is 236 g/mol. The maximum atomic E-state index is 11.7. The summed E-state index contributed by atoms with van der Waals surface area (Å²) in [4.78, 5) is 30.7. The van der Waals surface area contributed by atoms with Crippen LogP contribution in [0, 0.1) is 0 Å². The van der Waals surface area contributed by atoms with Crippen molar-refractivity contribution < 1.29 is 14.7 Å². The van der Waals surface area contributed by atoms with Crippen LogP contribution < -0.4 is 5.32 Å². The highest BCUT2D eigenvalue weighted by Crippen LogP contribution is 2.12. The molecule has 0 aliphatic heterocycles. The normalized spacial score (nSPS) is 11.1. The molecular formula is C11H18N4O3. The average molecular weight is 254 g/mol. The van der Waals surface area contributed by atoms with Gasteiger partial charge in [0, 0.05) is 31.9 Å². The Hall–Kier alpha value is -2.05. The van der Waals surface area contributed by atoms with E-state index in [1.807, 2.05) is 0 Å². The number of carboxylic acid groups (broad SMARTS) is 1. The van der Waals surface area contributed by atoms with Gasteiger partial charge in [-0.2, -0.15) is 0 Å². The van der Waals surface area contributed by atoms with Crippen LogP contribution in [0.5, 0.6) is 0 Å². The molecule has 0 saturated heterocycles. The molecule has 0 radical (unpaired) electrons. The summed E-state index contributed by atoms with van der Waals surface area (Å²) in [5, 5.41) is 11.7. The van der Waals surface area contributed by atoms with E-state index in [0.717, 1.165) is 5.69 Å². The first-order chi connectivity index (χ1) is 8.35. The zero-order chi connectivity index (χ0) is 13.8. The fourth-order valence-electron chi connectivity index (χ4n) is 1.24. The van der Waals surface area contributed by atoms with Gasteiger partial charge in [-0.3, -0.25) is 0 Å². The van der Waals surface area contributed by atoms with Crippen LogP contribution in [0.3, 0.4) is 0 Å². The van der Waals surface area contributed by atoms with E-state index in [0.29, 0.717) is 13.0 Å². The van der Waals surface area contributed by atoms with Crippen LogP contribution in [0.25, 0.3) is 0 Å². The van der Waals surface area contributed by atoms with Gasteiger partial charge in [0.15, 0.2) is 0 Å². The van der Waals surface area contributed by atoms with Gasteiger partial charge in [0.2, 0.25) is 0 Å². The molecule has 18 heavy (non-hydrogen) atoms. The van der Waals surface area contributed by atoms with Crippen molar-refractivity contribution in [3.63, 3.8) is 0 Å². The standard InChI is InChI=1S/C11H18N4O3/c1-11(2,9(16)17)15(3)10(18)13-5-4-8-6-12-7-14-8/h6-7H,4-5H2,1-3H3,(H,12,14)(H,13,18)(H,16,17). The van der Waals surface area contributed by atoms with Crippen LogP contribution in [-0.4, -0.2) is 51.1 Å². The molecule has 100 valence electrons. The van der Waals surface area contributed by atoms with E-state index in [1.54, 1.807) is 12.5 Å². The maximum Gasteiger partial charge on any atom is 0.329 e. The number of aliphatic carboxylic acids is 1. The molecule has 1 aromatic heterocycles. The molecule has 0 unspecified atom stereocenters. The molecule has 3 N–H and O–H groups in total. The van der Waals surface area contributed by atoms with Crippen molar-refractivity contribution >= 4 is 12.0 Å². The number of H-pyrrole nitrogens is 1. The number of hydrogen-bond acceptors (Lipinski definition) is 3. The summed E-state index contributed by atoms with van der Waals surface area (Å²) in [6, 6.07) is -0.415. The van der Waals surface area contributed by atoms with Gasteiger partial charge in [0.25, 0.3) is 0 Å². The fourth-order valence-corrected chi connectivity index (χ4v) is 1.24. The minimum Gasteiger partial charge on any atom is -0.480 e. The van der Waals surface area contributed by atoms with Crippen LogP contribution >= 0.6 is 0 Å². The van der Waals surface area contributed by atoms with Gasteiger partial charge in [-0.1, -0.05) is 0 Å². The van der Waals surface area contributed by atoms with Crippen molar-refractivity contribution in [1.29, 1.82) is 0 Å². The summed E-state index contributed by atoms with van der Waals surface area (Å²) in [5.74, 6) is -1.05. The van der Waals surface area contributed by atoms with Gasteiger partial charge in [-0.15, -0.1) is 0 Å². The second kappa shape index (κ2) is 5.52. The Balaban J connectivity index is 2.43. The first-order valence-electron chi connectivity index (χ1n) is 5.58. The Kier molecular flexibility index (Phi) is 4.30. The van der Waals surface area contributed by atoms with E-state index in [4.69, 9.17) is 5.11 Å². The van der Waals surface area contributed by atoms with E-state index in [1.165, 1.54) is 25.8 Å². The topological polar surface area (TPSA) is 98.3 Å². The number of likely N-dealkylation sites (N-methyl/N-ethyl adjacent to an activating group) is 1. The summed E-state index contributed by atoms with van der Waals surface area (Å²) in [6.45, 7) is 3.37. The monoisotopic (exact) mass is 254 g/mol. The molecule has 0 aromatic carbocycles. The molecule has 2 amide bonds. The lowest BCUT2D eigenvalue weighted by Crippen LogP contribution is -2.54. The van der Waals surface area contributed by atoms with Crippen LogP contribution in [0.15, 0.2) is 12.5 Å². The highest BCUT2D eigenvalue weighted by atomic mass is 16.4. The van der Waals surface area contributed by atoms with Gasteiger partial charge in [-0.05, 0) is 13.8 Å². The molecule has 1 heterocycles. The average Bonchev–Trinajstić information content (AvgIpc) is 2.80. The van der Waals surface area contributed by atoms with E-state index < -0.39 is 17.5 Å². The Morgan fingerprint density at radius 1 is 1.56 bits per heavy atom. The molecule has 0 saturated carbocycles. The number of rotatable bonds is 5. The molecule has 7 nitrogen and oxygen atoms in total. The lowest BCUT2D eigenvalue weighted by molar-refractivity contribution is -0.146. The number of nitrogens with one attached hydrogen (secondary N) is 2. The Labute approximate surface area is 105 Å². The van der Waals surface area contributed by atoms with Crippen molar-refractivity contribution in [2.75, 3.05) is 13.6 Å². The molecule has 1 rings (SSSR count). The van der Waals surface area contributed by atoms with E-state index in [9.17, 15) is 9.59 Å². The summed E-state index contributed by atoms with van der Waals surface area (Å²) in [7, 11) is 1.46. The summed E-state index contributed by atoms with van der Waals surface area (Å²) in [5.41, 5.74) is -0.326. The second-order valence-corrected chi connectivity index (χ2v) is 4.48. The van der Waals surface area contributed by atoms with Crippen molar-refractivity contribution in [1.82, 2.24) is 20.2 Å². The van der Waals surface area contributed by atoms with Gasteiger partial charge in [0.05, 0.1) is 6.33 Å². The Morgan fingerprint density at radius 3 is 2.72 bits per heavy atom. The van der Waals surface area contributed by atoms with Gasteiger partial charge < -0.3 is 20.3 Å². The van der Waals surface area contributed by atoms with E-state index >= 15 is 0 Å². The molecule has 1 aromatic rings. The molecule has 0 fully saturated rings. The summed E-state index contributed by atoms with van der Waals surface area (Å²) >= 11 is 0. The largest absolute Gasteiger partial charge is 0.480 e. The number of aromatic nitrogens is 2. The molecule has 0 aliphatic carbocycles. The third kappa shape index (κ3) is 3.22. The third-order valence-electron chi connectivity index (χ3n) is 2.89. The van der Waals surface area contributed by atoms with E-state index in [-0.39, 0.29) is 0 Å². The number of nitrogens with zero attached hydrogens (tertiary/aromatic N) is 2. The number of aromatic amines is 1. The smallest absolute Gasteiger partial charge is 0.329 e. The van der Waals surface area contributed by atoms with Crippen LogP contribution in [0.1, 0.15) is 19.5 Å². The number of amides is 2. The lowest BCUT2D eigenvalue weighted by Gasteiger charge is -2.31. The van der Waals surface area contributed by atoms with Crippen LogP contribution in [0.4, 0.5) is 4.79 Å². The maximum absolute atomic E-state index is 11.7. The van der Waals surface area contributed by atoms with Crippen molar-refractivity contribution in [2.24, 2.45) is 0 Å². The minimum absolute atomic E-state index is 0.415. The fraction of sp³-hybridized carbons (Fsp3) is 0.545. The highest BCUT2D eigenvalue weighted by molar-refractivity contribution is 5.85. The Morgan fingerprint density at radius 2 is 2.22 bits per heavy atom. The van der Waals surface area contributed by atoms with Crippen molar-refractivity contribution in [3.8, 4) is 0 Å². The third-order valence-corrected chi connectivity index (χ3v) is 2.89. The Bertz CT molecular complexity index is 414. The van der Waals surface area contributed by atoms with Crippen molar-refractivity contribution in [2.45, 2.75) is 25.8 Å². The number of carbonyl (C=O) groups is 2. The second-order valence-electron chi connectivity index (χ2n) is 4.48.